The van der Waals surface area contributed by atoms with Crippen LogP contribution in [0.2, 0.25) is 0 Å². The van der Waals surface area contributed by atoms with E-state index >= 15 is 0 Å². The molecule has 1 saturated heterocycles. The van der Waals surface area contributed by atoms with Crippen LogP contribution in [0.15, 0.2) is 83.8 Å². The third-order valence-electron chi connectivity index (χ3n) is 5.39. The maximum atomic E-state index is 13.2. The van der Waals surface area contributed by atoms with Crippen LogP contribution in [0.25, 0.3) is 6.08 Å². The molecular formula is C28H24N2O5S2. The molecule has 4 rings (SSSR count). The molecule has 1 N–H and O–H groups in total. The third-order valence-corrected chi connectivity index (χ3v) is 6.72. The summed E-state index contributed by atoms with van der Waals surface area (Å²) in [5, 5.41) is 2.76. The first-order valence-electron chi connectivity index (χ1n) is 11.5. The van der Waals surface area contributed by atoms with Gasteiger partial charge < -0.3 is 14.8 Å². The molecule has 0 aliphatic carbocycles. The van der Waals surface area contributed by atoms with Crippen LogP contribution >= 0.6 is 24.0 Å². The predicted octanol–water partition coefficient (Wildman–Crippen LogP) is 5.88. The lowest BCUT2D eigenvalue weighted by atomic mass is 10.2. The van der Waals surface area contributed by atoms with E-state index < -0.39 is 17.9 Å². The zero-order chi connectivity index (χ0) is 26.4. The minimum absolute atomic E-state index is 0.278. The van der Waals surface area contributed by atoms with Crippen LogP contribution in [0.3, 0.4) is 0 Å². The van der Waals surface area contributed by atoms with Crippen molar-refractivity contribution in [3.05, 3.63) is 94.9 Å². The van der Waals surface area contributed by atoms with E-state index in [2.05, 4.69) is 5.32 Å². The summed E-state index contributed by atoms with van der Waals surface area (Å²) in [7, 11) is 0. The van der Waals surface area contributed by atoms with Gasteiger partial charge >= 0.3 is 5.97 Å². The standard InChI is InChI=1S/C28H24N2O5S2/c1-3-34-27(33)20-12-14-21(15-13-20)29-25(31)18(2)30-26(32)24(37-28(30)36)17-19-8-7-11-23(16-19)35-22-9-5-4-6-10-22/h4-18H,3H2,1-2H3,(H,29,31)/b24-17-. The number of hydrogen-bond donors (Lipinski definition) is 1. The van der Waals surface area contributed by atoms with E-state index in [9.17, 15) is 14.4 Å². The zero-order valence-corrected chi connectivity index (χ0v) is 21.8. The molecule has 0 aromatic heterocycles. The molecule has 37 heavy (non-hydrogen) atoms. The van der Waals surface area contributed by atoms with Crippen LogP contribution in [0.1, 0.15) is 29.8 Å². The van der Waals surface area contributed by atoms with Crippen molar-refractivity contribution in [1.82, 2.24) is 4.90 Å². The Hall–Kier alpha value is -3.95. The van der Waals surface area contributed by atoms with Crippen molar-refractivity contribution in [3.63, 3.8) is 0 Å². The van der Waals surface area contributed by atoms with E-state index in [4.69, 9.17) is 21.7 Å². The minimum atomic E-state index is -0.837. The number of nitrogens with one attached hydrogen (secondary N) is 1. The second kappa shape index (κ2) is 11.9. The molecule has 1 heterocycles. The van der Waals surface area contributed by atoms with E-state index in [1.165, 1.54) is 4.90 Å². The highest BCUT2D eigenvalue weighted by Crippen LogP contribution is 2.35. The number of anilines is 1. The minimum Gasteiger partial charge on any atom is -0.462 e. The Morgan fingerprint density at radius 2 is 1.73 bits per heavy atom. The highest BCUT2D eigenvalue weighted by atomic mass is 32.2. The number of hydrogen-bond acceptors (Lipinski definition) is 7. The summed E-state index contributed by atoms with van der Waals surface area (Å²) in [6, 6.07) is 22.3. The summed E-state index contributed by atoms with van der Waals surface area (Å²) in [5.74, 6) is 0.165. The maximum absolute atomic E-state index is 13.2. The number of esters is 1. The Kier molecular flexibility index (Phi) is 8.37. The van der Waals surface area contributed by atoms with Gasteiger partial charge in [-0.05, 0) is 74.0 Å². The third kappa shape index (κ3) is 6.44. The van der Waals surface area contributed by atoms with Crippen molar-refractivity contribution in [2.24, 2.45) is 0 Å². The summed E-state index contributed by atoms with van der Waals surface area (Å²) < 4.78 is 11.1. The van der Waals surface area contributed by atoms with Crippen LogP contribution in [-0.2, 0) is 14.3 Å². The molecule has 1 aliphatic rings. The quantitative estimate of drug-likeness (QED) is 0.220. The highest BCUT2D eigenvalue weighted by Gasteiger charge is 2.38. The van der Waals surface area contributed by atoms with Gasteiger partial charge in [0.1, 0.15) is 21.9 Å². The van der Waals surface area contributed by atoms with E-state index in [1.54, 1.807) is 44.2 Å². The van der Waals surface area contributed by atoms with Gasteiger partial charge in [-0.15, -0.1) is 0 Å². The lowest BCUT2D eigenvalue weighted by Crippen LogP contribution is -2.44. The SMILES string of the molecule is CCOC(=O)c1ccc(NC(=O)C(C)N2C(=O)/C(=C/c3cccc(Oc4ccccc4)c3)SC2=S)cc1. The smallest absolute Gasteiger partial charge is 0.338 e. The topological polar surface area (TPSA) is 84.9 Å². The second-order valence-corrected chi connectivity index (χ2v) is 9.68. The molecule has 3 aromatic rings. The molecule has 0 spiro atoms. The molecule has 0 saturated carbocycles. The van der Waals surface area contributed by atoms with E-state index in [0.717, 1.165) is 17.3 Å². The van der Waals surface area contributed by atoms with Gasteiger partial charge in [0, 0.05) is 5.69 Å². The first kappa shape index (κ1) is 26.1. The number of benzene rings is 3. The summed E-state index contributed by atoms with van der Waals surface area (Å²) in [5.41, 5.74) is 1.64. The molecule has 9 heteroatoms. The van der Waals surface area contributed by atoms with Crippen LogP contribution in [0.4, 0.5) is 5.69 Å². The van der Waals surface area contributed by atoms with Gasteiger partial charge in [-0.3, -0.25) is 14.5 Å². The molecule has 0 radical (unpaired) electrons. The Labute approximate surface area is 224 Å². The number of ether oxygens (including phenoxy) is 2. The van der Waals surface area contributed by atoms with E-state index in [1.807, 2.05) is 54.6 Å². The van der Waals surface area contributed by atoms with Gasteiger partial charge in [-0.2, -0.15) is 0 Å². The molecule has 0 bridgehead atoms. The monoisotopic (exact) mass is 532 g/mol. The first-order chi connectivity index (χ1) is 17.9. The van der Waals surface area contributed by atoms with Crippen molar-refractivity contribution in [2.75, 3.05) is 11.9 Å². The number of thiocarbonyl (C=S) groups is 1. The van der Waals surface area contributed by atoms with Gasteiger partial charge in [0.2, 0.25) is 5.91 Å². The lowest BCUT2D eigenvalue weighted by molar-refractivity contribution is -0.129. The number of nitrogens with zero attached hydrogens (tertiary/aromatic N) is 1. The fourth-order valence-corrected chi connectivity index (χ4v) is 4.94. The molecule has 1 fully saturated rings. The second-order valence-electron chi connectivity index (χ2n) is 8.00. The Balaban J connectivity index is 1.43. The number of rotatable bonds is 8. The number of thioether (sulfide) groups is 1. The lowest BCUT2D eigenvalue weighted by Gasteiger charge is -2.22. The molecule has 1 atom stereocenters. The van der Waals surface area contributed by atoms with Gasteiger partial charge in [0.05, 0.1) is 17.1 Å². The fraction of sp³-hybridized carbons (Fsp3) is 0.143. The largest absolute Gasteiger partial charge is 0.462 e. The van der Waals surface area contributed by atoms with E-state index in [-0.39, 0.29) is 12.5 Å². The van der Waals surface area contributed by atoms with Gasteiger partial charge in [0.25, 0.3) is 5.91 Å². The molecule has 3 aromatic carbocycles. The number of para-hydroxylation sites is 1. The zero-order valence-electron chi connectivity index (χ0n) is 20.2. The summed E-state index contributed by atoms with van der Waals surface area (Å²) in [6.45, 7) is 3.62. The van der Waals surface area contributed by atoms with Gasteiger partial charge in [-0.1, -0.05) is 54.3 Å². The Bertz CT molecular complexity index is 1360. The van der Waals surface area contributed by atoms with Gasteiger partial charge in [-0.25, -0.2) is 4.79 Å². The van der Waals surface area contributed by atoms with Crippen molar-refractivity contribution in [3.8, 4) is 11.5 Å². The fourth-order valence-electron chi connectivity index (χ4n) is 3.53. The molecule has 7 nitrogen and oxygen atoms in total. The highest BCUT2D eigenvalue weighted by molar-refractivity contribution is 8.26. The number of carbonyl (C=O) groups is 3. The summed E-state index contributed by atoms with van der Waals surface area (Å²) in [6.07, 6.45) is 1.73. The van der Waals surface area contributed by atoms with Gasteiger partial charge in [0.15, 0.2) is 0 Å². The van der Waals surface area contributed by atoms with Crippen LogP contribution in [0.5, 0.6) is 11.5 Å². The molecular weight excluding hydrogens is 508 g/mol. The number of carbonyl (C=O) groups excluding carboxylic acids is 3. The molecule has 1 aliphatic heterocycles. The molecule has 188 valence electrons. The summed E-state index contributed by atoms with van der Waals surface area (Å²) >= 11 is 6.57. The van der Waals surface area contributed by atoms with Crippen LogP contribution in [0, 0.1) is 0 Å². The average molecular weight is 533 g/mol. The van der Waals surface area contributed by atoms with Crippen molar-refractivity contribution in [1.29, 1.82) is 0 Å². The van der Waals surface area contributed by atoms with Crippen LogP contribution in [-0.4, -0.2) is 39.7 Å². The summed E-state index contributed by atoms with van der Waals surface area (Å²) in [4.78, 5) is 39.6. The number of amides is 2. The van der Waals surface area contributed by atoms with Crippen molar-refractivity contribution in [2.45, 2.75) is 19.9 Å². The average Bonchev–Trinajstić information content (AvgIpc) is 3.17. The first-order valence-corrected chi connectivity index (χ1v) is 12.8. The van der Waals surface area contributed by atoms with Crippen molar-refractivity contribution >= 4 is 57.8 Å². The van der Waals surface area contributed by atoms with E-state index in [0.29, 0.717) is 32.0 Å². The molecule has 1 unspecified atom stereocenters. The Morgan fingerprint density at radius 3 is 2.43 bits per heavy atom. The van der Waals surface area contributed by atoms with Crippen LogP contribution < -0.4 is 10.1 Å². The maximum Gasteiger partial charge on any atom is 0.338 e. The Morgan fingerprint density at radius 1 is 1.03 bits per heavy atom. The predicted molar refractivity (Wildman–Crippen MR) is 148 cm³/mol. The van der Waals surface area contributed by atoms with Crippen molar-refractivity contribution < 1.29 is 23.9 Å². The molecule has 2 amide bonds. The normalized spacial score (nSPS) is 15.0.